The van der Waals surface area contributed by atoms with E-state index in [1.807, 2.05) is 50.5 Å². The van der Waals surface area contributed by atoms with Gasteiger partial charge in [-0.15, -0.1) is 11.3 Å². The summed E-state index contributed by atoms with van der Waals surface area (Å²) in [5, 5.41) is 5.20. The van der Waals surface area contributed by atoms with Crippen LogP contribution in [0.15, 0.2) is 50.2 Å². The van der Waals surface area contributed by atoms with E-state index in [-0.39, 0.29) is 29.3 Å². The standard InChI is InChI=1S/C25H27N5O4S/c1-13(2)20(18-11-19(31)29-34-18)25(33)30-10-4-5-17(30)23-27-21(24(32)28-23)15-6-8-16(9-7-15)22-14(3)26-12-35-22/h6-9,11-13,17,20-21H,4-5,10H2,1-3H3,(H,29,31)(H,27,28,32)/t17?,20?,21-/m0/s1. The van der Waals surface area contributed by atoms with Gasteiger partial charge >= 0.3 is 0 Å². The molecule has 3 atom stereocenters. The quantitative estimate of drug-likeness (QED) is 0.545. The van der Waals surface area contributed by atoms with Crippen molar-refractivity contribution in [3.8, 4) is 10.4 Å². The molecule has 2 N–H and O–H groups in total. The minimum Gasteiger partial charge on any atom is -0.383 e. The number of H-pyrrole nitrogens is 1. The normalized spacial score (nSPS) is 20.9. The molecule has 4 heterocycles. The van der Waals surface area contributed by atoms with Crippen LogP contribution in [0.1, 0.15) is 55.7 Å². The van der Waals surface area contributed by atoms with E-state index < -0.39 is 12.0 Å². The highest BCUT2D eigenvalue weighted by atomic mass is 32.1. The third-order valence-corrected chi connectivity index (χ3v) is 7.61. The van der Waals surface area contributed by atoms with Gasteiger partial charge in [0.05, 0.1) is 22.1 Å². The van der Waals surface area contributed by atoms with Crippen LogP contribution in [0.2, 0.25) is 0 Å². The summed E-state index contributed by atoms with van der Waals surface area (Å²) >= 11 is 1.58. The number of nitrogens with zero attached hydrogens (tertiary/aromatic N) is 3. The van der Waals surface area contributed by atoms with Gasteiger partial charge in [-0.25, -0.2) is 4.98 Å². The number of hydrogen-bond acceptors (Lipinski definition) is 7. The second-order valence-electron chi connectivity index (χ2n) is 9.32. The summed E-state index contributed by atoms with van der Waals surface area (Å²) in [4.78, 5) is 49.9. The Morgan fingerprint density at radius 3 is 2.63 bits per heavy atom. The first-order valence-corrected chi connectivity index (χ1v) is 12.6. The Hall–Kier alpha value is -3.53. The number of benzene rings is 1. The van der Waals surface area contributed by atoms with E-state index in [4.69, 9.17) is 9.52 Å². The minimum atomic E-state index is -0.650. The van der Waals surface area contributed by atoms with Gasteiger partial charge in [0.15, 0.2) is 11.8 Å². The number of carbonyl (C=O) groups is 2. The Bertz CT molecular complexity index is 1340. The molecule has 2 unspecified atom stereocenters. The van der Waals surface area contributed by atoms with E-state index in [2.05, 4.69) is 15.5 Å². The molecule has 35 heavy (non-hydrogen) atoms. The number of amidine groups is 1. The minimum absolute atomic E-state index is 0.0729. The van der Waals surface area contributed by atoms with Crippen LogP contribution in [-0.4, -0.2) is 45.3 Å². The SMILES string of the molecule is Cc1ncsc1-c1ccc([C@@H]2N=C(C3CCCN3C(=O)C(c3cc(=O)[nH]o3)C(C)C)NC2=O)cc1. The van der Waals surface area contributed by atoms with Gasteiger partial charge in [0.2, 0.25) is 5.91 Å². The first-order chi connectivity index (χ1) is 16.8. The lowest BCUT2D eigenvalue weighted by Gasteiger charge is -2.29. The van der Waals surface area contributed by atoms with Gasteiger partial charge in [-0.2, -0.15) is 5.16 Å². The molecule has 182 valence electrons. The van der Waals surface area contributed by atoms with Crippen LogP contribution in [0, 0.1) is 12.8 Å². The molecule has 10 heteroatoms. The topological polar surface area (TPSA) is 121 Å². The molecule has 2 aromatic heterocycles. The van der Waals surface area contributed by atoms with Crippen LogP contribution in [0.25, 0.3) is 10.4 Å². The van der Waals surface area contributed by atoms with Crippen molar-refractivity contribution in [3.63, 3.8) is 0 Å². The summed E-state index contributed by atoms with van der Waals surface area (Å²) in [5.41, 5.74) is 4.28. The molecule has 5 rings (SSSR count). The van der Waals surface area contributed by atoms with E-state index in [1.165, 1.54) is 6.07 Å². The number of amides is 2. The maximum Gasteiger partial charge on any atom is 0.280 e. The molecule has 0 bridgehead atoms. The fraction of sp³-hybridized carbons (Fsp3) is 0.400. The second kappa shape index (κ2) is 9.26. The van der Waals surface area contributed by atoms with Crippen LogP contribution in [0.5, 0.6) is 0 Å². The number of aromatic amines is 1. The second-order valence-corrected chi connectivity index (χ2v) is 10.2. The molecule has 0 spiro atoms. The van der Waals surface area contributed by atoms with Gasteiger partial charge in [0.1, 0.15) is 11.8 Å². The average molecular weight is 494 g/mol. The van der Waals surface area contributed by atoms with Crippen molar-refractivity contribution in [2.45, 2.75) is 51.6 Å². The lowest BCUT2D eigenvalue weighted by molar-refractivity contribution is -0.134. The molecule has 2 amide bonds. The van der Waals surface area contributed by atoms with Gasteiger partial charge < -0.3 is 14.7 Å². The van der Waals surface area contributed by atoms with Crippen LogP contribution >= 0.6 is 11.3 Å². The van der Waals surface area contributed by atoms with E-state index in [0.29, 0.717) is 24.6 Å². The fourth-order valence-corrected chi connectivity index (χ4v) is 5.71. The maximum atomic E-state index is 13.6. The molecule has 2 aliphatic heterocycles. The van der Waals surface area contributed by atoms with E-state index in [1.54, 1.807) is 16.2 Å². The molecule has 3 aromatic rings. The Morgan fingerprint density at radius 1 is 1.23 bits per heavy atom. The van der Waals surface area contributed by atoms with Crippen molar-refractivity contribution in [1.29, 1.82) is 0 Å². The van der Waals surface area contributed by atoms with Crippen LogP contribution in [0.4, 0.5) is 0 Å². The molecule has 0 radical (unpaired) electrons. The summed E-state index contributed by atoms with van der Waals surface area (Å²) < 4.78 is 5.28. The third kappa shape index (κ3) is 4.34. The van der Waals surface area contributed by atoms with E-state index >= 15 is 0 Å². The molecule has 1 aromatic carbocycles. The zero-order valence-corrected chi connectivity index (χ0v) is 20.6. The number of nitrogens with one attached hydrogen (secondary N) is 2. The molecule has 9 nitrogen and oxygen atoms in total. The highest BCUT2D eigenvalue weighted by Gasteiger charge is 2.42. The highest BCUT2D eigenvalue weighted by molar-refractivity contribution is 7.13. The maximum absolute atomic E-state index is 13.6. The van der Waals surface area contributed by atoms with E-state index in [0.717, 1.165) is 28.1 Å². The van der Waals surface area contributed by atoms with Gasteiger partial charge in [-0.3, -0.25) is 19.4 Å². The van der Waals surface area contributed by atoms with Crippen LogP contribution < -0.4 is 10.9 Å². The number of aryl methyl sites for hydroxylation is 1. The number of thiazole rings is 1. The molecule has 2 aliphatic rings. The zero-order valence-electron chi connectivity index (χ0n) is 19.8. The highest BCUT2D eigenvalue weighted by Crippen LogP contribution is 2.33. The number of aromatic nitrogens is 2. The van der Waals surface area contributed by atoms with Crippen molar-refractivity contribution in [2.75, 3.05) is 6.54 Å². The van der Waals surface area contributed by atoms with Gasteiger partial charge in [0, 0.05) is 12.6 Å². The number of rotatable bonds is 6. The molecule has 0 aliphatic carbocycles. The predicted octanol–water partition coefficient (Wildman–Crippen LogP) is 3.40. The van der Waals surface area contributed by atoms with Crippen LogP contribution in [-0.2, 0) is 9.59 Å². The first kappa shape index (κ1) is 23.2. The Labute approximate surface area is 206 Å². The summed E-state index contributed by atoms with van der Waals surface area (Å²) in [7, 11) is 0. The summed E-state index contributed by atoms with van der Waals surface area (Å²) in [6.07, 6.45) is 1.52. The number of hydrogen-bond donors (Lipinski definition) is 2. The van der Waals surface area contributed by atoms with Crippen molar-refractivity contribution in [1.82, 2.24) is 20.4 Å². The predicted molar refractivity (Wildman–Crippen MR) is 132 cm³/mol. The fourth-order valence-electron chi connectivity index (χ4n) is 4.89. The van der Waals surface area contributed by atoms with Crippen molar-refractivity contribution >= 4 is 29.0 Å². The molecule has 0 saturated carbocycles. The lowest BCUT2D eigenvalue weighted by atomic mass is 9.91. The summed E-state index contributed by atoms with van der Waals surface area (Å²) in [6, 6.07) is 8.18. The van der Waals surface area contributed by atoms with Gasteiger partial charge in [-0.05, 0) is 36.8 Å². The lowest BCUT2D eigenvalue weighted by Crippen LogP contribution is -2.47. The van der Waals surface area contributed by atoms with Crippen molar-refractivity contribution in [3.05, 3.63) is 63.2 Å². The number of aliphatic imine (C=N–C) groups is 1. The Balaban J connectivity index is 1.37. The van der Waals surface area contributed by atoms with Crippen molar-refractivity contribution < 1.29 is 14.1 Å². The monoisotopic (exact) mass is 493 g/mol. The average Bonchev–Trinajstić information content (AvgIpc) is 3.61. The Kier molecular flexibility index (Phi) is 6.14. The van der Waals surface area contributed by atoms with E-state index in [9.17, 15) is 14.4 Å². The van der Waals surface area contributed by atoms with Gasteiger partial charge in [-0.1, -0.05) is 38.1 Å². The molecule has 1 saturated heterocycles. The molecule has 1 fully saturated rings. The van der Waals surface area contributed by atoms with Crippen molar-refractivity contribution in [2.24, 2.45) is 10.9 Å². The van der Waals surface area contributed by atoms with Crippen LogP contribution in [0.3, 0.4) is 0 Å². The summed E-state index contributed by atoms with van der Waals surface area (Å²) in [6.45, 7) is 6.37. The summed E-state index contributed by atoms with van der Waals surface area (Å²) in [5.74, 6) is -0.145. The zero-order chi connectivity index (χ0) is 24.7. The third-order valence-electron chi connectivity index (χ3n) is 6.64. The first-order valence-electron chi connectivity index (χ1n) is 11.7. The number of likely N-dealkylation sites (tertiary alicyclic amines) is 1. The molecular formula is C25H27N5O4S. The molecular weight excluding hydrogens is 466 g/mol. The number of carbonyl (C=O) groups excluding carboxylic acids is 2. The smallest absolute Gasteiger partial charge is 0.280 e. The largest absolute Gasteiger partial charge is 0.383 e. The Morgan fingerprint density at radius 2 is 2.00 bits per heavy atom. The van der Waals surface area contributed by atoms with Gasteiger partial charge in [0.25, 0.3) is 11.5 Å².